The maximum atomic E-state index is 2.49. The number of nitrogens with zero attached hydrogens (tertiary/aromatic N) is 2. The van der Waals surface area contributed by atoms with Crippen molar-refractivity contribution in [1.29, 1.82) is 0 Å². The molecule has 14 heavy (non-hydrogen) atoms. The minimum Gasteiger partial charge on any atom is -0.377 e. The zero-order valence-electron chi connectivity index (χ0n) is 9.71. The Bertz CT molecular complexity index is 225. The molecule has 2 heterocycles. The topological polar surface area (TPSA) is 6.48 Å². The van der Waals surface area contributed by atoms with Crippen molar-refractivity contribution in [2.45, 2.75) is 26.7 Å². The van der Waals surface area contributed by atoms with Crippen LogP contribution in [0.1, 0.15) is 26.7 Å². The molecule has 1 spiro atoms. The zero-order valence-corrected chi connectivity index (χ0v) is 9.71. The molecule has 0 unspecified atom stereocenters. The molecule has 0 aromatic rings. The first-order valence-corrected chi connectivity index (χ1v) is 5.67. The first-order chi connectivity index (χ1) is 6.60. The van der Waals surface area contributed by atoms with Gasteiger partial charge < -0.3 is 9.80 Å². The van der Waals surface area contributed by atoms with Crippen molar-refractivity contribution in [3.63, 3.8) is 0 Å². The van der Waals surface area contributed by atoms with Gasteiger partial charge in [0.25, 0.3) is 0 Å². The molecule has 0 radical (unpaired) electrons. The van der Waals surface area contributed by atoms with E-state index in [1.54, 1.807) is 0 Å². The second-order valence-corrected chi connectivity index (χ2v) is 5.41. The average Bonchev–Trinajstić information content (AvgIpc) is 2.05. The smallest absolute Gasteiger partial charge is 0.0178 e. The van der Waals surface area contributed by atoms with E-state index < -0.39 is 0 Å². The number of likely N-dealkylation sites (tertiary alicyclic amines) is 2. The Kier molecular flexibility index (Phi) is 2.56. The summed E-state index contributed by atoms with van der Waals surface area (Å²) in [6.45, 7) is 9.55. The lowest BCUT2D eigenvalue weighted by Gasteiger charge is -2.52. The van der Waals surface area contributed by atoms with E-state index in [1.807, 2.05) is 0 Å². The molecule has 2 aliphatic rings. The van der Waals surface area contributed by atoms with E-state index in [0.29, 0.717) is 5.41 Å². The Morgan fingerprint density at radius 3 is 2.14 bits per heavy atom. The molecule has 2 aliphatic heterocycles. The van der Waals surface area contributed by atoms with Gasteiger partial charge in [-0.2, -0.15) is 0 Å². The Balaban J connectivity index is 1.84. The summed E-state index contributed by atoms with van der Waals surface area (Å²) in [4.78, 5) is 4.93. The van der Waals surface area contributed by atoms with E-state index in [-0.39, 0.29) is 0 Å². The van der Waals surface area contributed by atoms with Gasteiger partial charge in [0.2, 0.25) is 0 Å². The summed E-state index contributed by atoms with van der Waals surface area (Å²) < 4.78 is 0. The summed E-state index contributed by atoms with van der Waals surface area (Å²) in [6, 6.07) is 0. The van der Waals surface area contributed by atoms with Crippen LogP contribution in [0.25, 0.3) is 0 Å². The lowest BCUT2D eigenvalue weighted by Crippen LogP contribution is -2.58. The molecular formula is C12H22N2. The predicted molar refractivity (Wildman–Crippen MR) is 60.2 cm³/mol. The first kappa shape index (κ1) is 10.0. The van der Waals surface area contributed by atoms with E-state index in [4.69, 9.17) is 0 Å². The number of allylic oxidation sites excluding steroid dienone is 1. The molecule has 2 fully saturated rings. The van der Waals surface area contributed by atoms with Gasteiger partial charge in [-0.15, -0.1) is 0 Å². The van der Waals surface area contributed by atoms with Gasteiger partial charge in [-0.25, -0.2) is 0 Å². The molecule has 0 bridgehead atoms. The first-order valence-electron chi connectivity index (χ1n) is 5.67. The van der Waals surface area contributed by atoms with Crippen LogP contribution >= 0.6 is 0 Å². The van der Waals surface area contributed by atoms with Gasteiger partial charge in [-0.1, -0.05) is 5.57 Å². The van der Waals surface area contributed by atoms with Crippen LogP contribution in [0.2, 0.25) is 0 Å². The SMILES string of the molecule is CC(C)=CN1CCC2(CC1)CN(C)C2. The van der Waals surface area contributed by atoms with Crippen LogP contribution < -0.4 is 0 Å². The van der Waals surface area contributed by atoms with Crippen LogP contribution in [0.3, 0.4) is 0 Å². The third kappa shape index (κ3) is 1.95. The minimum absolute atomic E-state index is 0.695. The fourth-order valence-corrected chi connectivity index (χ4v) is 2.91. The molecule has 0 atom stereocenters. The van der Waals surface area contributed by atoms with E-state index in [1.165, 1.54) is 44.6 Å². The largest absolute Gasteiger partial charge is 0.377 e. The lowest BCUT2D eigenvalue weighted by atomic mass is 9.72. The van der Waals surface area contributed by atoms with Crippen molar-refractivity contribution in [3.05, 3.63) is 11.8 Å². The molecule has 0 N–H and O–H groups in total. The van der Waals surface area contributed by atoms with Gasteiger partial charge in [0.05, 0.1) is 0 Å². The number of hydrogen-bond acceptors (Lipinski definition) is 2. The average molecular weight is 194 g/mol. The van der Waals surface area contributed by atoms with E-state index >= 15 is 0 Å². The summed E-state index contributed by atoms with van der Waals surface area (Å²) in [5.41, 5.74) is 2.12. The maximum Gasteiger partial charge on any atom is 0.0178 e. The summed E-state index contributed by atoms with van der Waals surface area (Å²) in [5, 5.41) is 0. The van der Waals surface area contributed by atoms with E-state index in [0.717, 1.165) is 0 Å². The highest BCUT2D eigenvalue weighted by Crippen LogP contribution is 2.39. The van der Waals surface area contributed by atoms with Crippen LogP contribution in [-0.2, 0) is 0 Å². The molecule has 0 aromatic heterocycles. The molecule has 2 rings (SSSR count). The quantitative estimate of drug-likeness (QED) is 0.629. The third-order valence-electron chi connectivity index (χ3n) is 3.51. The van der Waals surface area contributed by atoms with Gasteiger partial charge >= 0.3 is 0 Å². The molecule has 0 aromatic carbocycles. The Labute approximate surface area is 87.6 Å². The normalized spacial score (nSPS) is 26.1. The highest BCUT2D eigenvalue weighted by molar-refractivity contribution is 5.01. The number of rotatable bonds is 1. The third-order valence-corrected chi connectivity index (χ3v) is 3.51. The number of piperidine rings is 1. The van der Waals surface area contributed by atoms with Gasteiger partial charge in [-0.05, 0) is 45.4 Å². The van der Waals surface area contributed by atoms with Gasteiger partial charge in [0.1, 0.15) is 0 Å². The molecule has 0 saturated carbocycles. The molecule has 2 heteroatoms. The van der Waals surface area contributed by atoms with Crippen molar-refractivity contribution < 1.29 is 0 Å². The molecule has 80 valence electrons. The van der Waals surface area contributed by atoms with Crippen LogP contribution in [0.4, 0.5) is 0 Å². The summed E-state index contributed by atoms with van der Waals surface area (Å²) >= 11 is 0. The fraction of sp³-hybridized carbons (Fsp3) is 0.833. The van der Waals surface area contributed by atoms with Crippen LogP contribution in [0, 0.1) is 5.41 Å². The van der Waals surface area contributed by atoms with E-state index in [9.17, 15) is 0 Å². The van der Waals surface area contributed by atoms with Crippen LogP contribution in [0.5, 0.6) is 0 Å². The summed E-state index contributed by atoms with van der Waals surface area (Å²) in [6.07, 6.45) is 5.09. The van der Waals surface area contributed by atoms with E-state index in [2.05, 4.69) is 36.9 Å². The van der Waals surface area contributed by atoms with Crippen molar-refractivity contribution in [1.82, 2.24) is 9.80 Å². The second kappa shape index (κ2) is 3.58. The van der Waals surface area contributed by atoms with Gasteiger partial charge in [-0.3, -0.25) is 0 Å². The second-order valence-electron chi connectivity index (χ2n) is 5.41. The van der Waals surface area contributed by atoms with Gasteiger partial charge in [0, 0.05) is 26.2 Å². The van der Waals surface area contributed by atoms with Crippen molar-refractivity contribution in [3.8, 4) is 0 Å². The highest BCUT2D eigenvalue weighted by Gasteiger charge is 2.42. The Morgan fingerprint density at radius 1 is 1.14 bits per heavy atom. The Hall–Kier alpha value is -0.500. The predicted octanol–water partition coefficient (Wildman–Crippen LogP) is 1.94. The minimum atomic E-state index is 0.695. The fourth-order valence-electron chi connectivity index (χ4n) is 2.91. The molecule has 0 aliphatic carbocycles. The number of hydrogen-bond donors (Lipinski definition) is 0. The van der Waals surface area contributed by atoms with Crippen LogP contribution in [-0.4, -0.2) is 43.0 Å². The monoisotopic (exact) mass is 194 g/mol. The zero-order chi connectivity index (χ0) is 10.2. The Morgan fingerprint density at radius 2 is 1.71 bits per heavy atom. The molecular weight excluding hydrogens is 172 g/mol. The highest BCUT2D eigenvalue weighted by atomic mass is 15.2. The summed E-state index contributed by atoms with van der Waals surface area (Å²) in [5.74, 6) is 0. The van der Waals surface area contributed by atoms with Gasteiger partial charge in [0.15, 0.2) is 0 Å². The lowest BCUT2D eigenvalue weighted by molar-refractivity contribution is -0.0228. The maximum absolute atomic E-state index is 2.49. The molecule has 2 saturated heterocycles. The standard InChI is InChI=1S/C12H22N2/c1-11(2)8-14-6-4-12(5-7-14)9-13(3)10-12/h8H,4-7,9-10H2,1-3H3. The molecule has 0 amide bonds. The molecule has 2 nitrogen and oxygen atoms in total. The van der Waals surface area contributed by atoms with Crippen molar-refractivity contribution in [2.75, 3.05) is 33.2 Å². The van der Waals surface area contributed by atoms with Crippen LogP contribution in [0.15, 0.2) is 11.8 Å². The van der Waals surface area contributed by atoms with Crippen molar-refractivity contribution in [2.24, 2.45) is 5.41 Å². The summed E-state index contributed by atoms with van der Waals surface area (Å²) in [7, 11) is 2.23. The van der Waals surface area contributed by atoms with Crippen molar-refractivity contribution >= 4 is 0 Å².